The first kappa shape index (κ1) is 15.6. The number of para-hydroxylation sites is 1. The maximum absolute atomic E-state index is 5.72. The van der Waals surface area contributed by atoms with Crippen molar-refractivity contribution in [2.75, 3.05) is 6.61 Å². The predicted molar refractivity (Wildman–Crippen MR) is 85.5 cm³/mol. The molecule has 0 fully saturated rings. The third-order valence-corrected chi connectivity index (χ3v) is 3.93. The first-order chi connectivity index (χ1) is 10.0. The van der Waals surface area contributed by atoms with E-state index in [1.807, 2.05) is 37.0 Å². The summed E-state index contributed by atoms with van der Waals surface area (Å²) in [5.41, 5.74) is 3.62. The summed E-state index contributed by atoms with van der Waals surface area (Å²) in [6.07, 6.45) is 1.94. The summed E-state index contributed by atoms with van der Waals surface area (Å²) >= 11 is 0. The molecule has 114 valence electrons. The van der Waals surface area contributed by atoms with Gasteiger partial charge in [-0.3, -0.25) is 4.68 Å². The molecular formula is C17H25N3O. The van der Waals surface area contributed by atoms with Gasteiger partial charge in [-0.15, -0.1) is 0 Å². The Morgan fingerprint density at radius 2 is 1.86 bits per heavy atom. The molecule has 1 heterocycles. The lowest BCUT2D eigenvalue weighted by Gasteiger charge is -2.22. The third kappa shape index (κ3) is 3.45. The van der Waals surface area contributed by atoms with Crippen LogP contribution in [0.1, 0.15) is 49.7 Å². The Morgan fingerprint density at radius 3 is 2.48 bits per heavy atom. The van der Waals surface area contributed by atoms with Crippen LogP contribution in [0, 0.1) is 6.92 Å². The van der Waals surface area contributed by atoms with Gasteiger partial charge >= 0.3 is 0 Å². The van der Waals surface area contributed by atoms with Crippen LogP contribution in [0.25, 0.3) is 0 Å². The highest BCUT2D eigenvalue weighted by atomic mass is 16.5. The number of hydrogen-bond acceptors (Lipinski definition) is 3. The Kier molecular flexibility index (Phi) is 5.02. The van der Waals surface area contributed by atoms with E-state index >= 15 is 0 Å². The summed E-state index contributed by atoms with van der Waals surface area (Å²) in [7, 11) is 1.97. The van der Waals surface area contributed by atoms with Crippen LogP contribution in [0.4, 0.5) is 0 Å². The van der Waals surface area contributed by atoms with Gasteiger partial charge in [0.1, 0.15) is 5.75 Å². The van der Waals surface area contributed by atoms with Crippen LogP contribution in [-0.2, 0) is 7.05 Å². The number of benzene rings is 1. The van der Waals surface area contributed by atoms with Crippen LogP contribution in [0.5, 0.6) is 5.75 Å². The molecule has 0 radical (unpaired) electrons. The number of rotatable bonds is 6. The molecule has 0 amide bonds. The highest BCUT2D eigenvalue weighted by molar-refractivity contribution is 5.36. The second kappa shape index (κ2) is 6.76. The molecule has 4 heteroatoms. The fourth-order valence-corrected chi connectivity index (χ4v) is 2.62. The van der Waals surface area contributed by atoms with E-state index in [0.717, 1.165) is 5.75 Å². The predicted octanol–water partition coefficient (Wildman–Crippen LogP) is 3.54. The summed E-state index contributed by atoms with van der Waals surface area (Å²) in [5.74, 6) is 0.954. The summed E-state index contributed by atoms with van der Waals surface area (Å²) < 4.78 is 7.63. The molecule has 1 N–H and O–H groups in total. The Hall–Kier alpha value is -1.81. The molecule has 0 aliphatic rings. The minimum absolute atomic E-state index is 0.211. The fraction of sp³-hybridized carbons (Fsp3) is 0.471. The molecule has 0 saturated carbocycles. The number of ether oxygens (including phenoxy) is 1. The SMILES string of the molecule is CCOc1ccccc1C(C)NC(C)c1cnn(C)c1C. The molecule has 0 aliphatic heterocycles. The third-order valence-electron chi connectivity index (χ3n) is 3.93. The van der Waals surface area contributed by atoms with Crippen molar-refractivity contribution in [3.8, 4) is 5.75 Å². The van der Waals surface area contributed by atoms with Crippen molar-refractivity contribution in [1.29, 1.82) is 0 Å². The van der Waals surface area contributed by atoms with Gasteiger partial charge in [0, 0.05) is 36.0 Å². The molecule has 2 aromatic rings. The van der Waals surface area contributed by atoms with E-state index in [0.29, 0.717) is 6.61 Å². The van der Waals surface area contributed by atoms with Crippen LogP contribution >= 0.6 is 0 Å². The van der Waals surface area contributed by atoms with Crippen LogP contribution in [0.15, 0.2) is 30.5 Å². The Bertz CT molecular complexity index is 591. The van der Waals surface area contributed by atoms with Crippen molar-refractivity contribution in [1.82, 2.24) is 15.1 Å². The van der Waals surface area contributed by atoms with E-state index in [9.17, 15) is 0 Å². The lowest BCUT2D eigenvalue weighted by molar-refractivity contribution is 0.331. The lowest BCUT2D eigenvalue weighted by atomic mass is 10.0. The second-order valence-corrected chi connectivity index (χ2v) is 5.39. The zero-order chi connectivity index (χ0) is 15.4. The summed E-state index contributed by atoms with van der Waals surface area (Å²) in [6.45, 7) is 9.13. The topological polar surface area (TPSA) is 39.1 Å². The Labute approximate surface area is 127 Å². The molecule has 1 aromatic heterocycles. The normalized spacial score (nSPS) is 14.0. The van der Waals surface area contributed by atoms with Gasteiger partial charge in [-0.2, -0.15) is 5.10 Å². The van der Waals surface area contributed by atoms with Gasteiger partial charge in [-0.25, -0.2) is 0 Å². The van der Waals surface area contributed by atoms with E-state index in [1.165, 1.54) is 16.8 Å². The quantitative estimate of drug-likeness (QED) is 0.883. The van der Waals surface area contributed by atoms with Crippen molar-refractivity contribution in [3.05, 3.63) is 47.3 Å². The molecule has 2 unspecified atom stereocenters. The van der Waals surface area contributed by atoms with Crippen molar-refractivity contribution in [2.24, 2.45) is 7.05 Å². The Balaban J connectivity index is 2.14. The minimum Gasteiger partial charge on any atom is -0.494 e. The number of nitrogens with one attached hydrogen (secondary N) is 1. The van der Waals surface area contributed by atoms with E-state index < -0.39 is 0 Å². The fourth-order valence-electron chi connectivity index (χ4n) is 2.62. The molecule has 0 spiro atoms. The zero-order valence-corrected chi connectivity index (χ0v) is 13.6. The van der Waals surface area contributed by atoms with Crippen molar-refractivity contribution in [3.63, 3.8) is 0 Å². The zero-order valence-electron chi connectivity index (χ0n) is 13.6. The van der Waals surface area contributed by atoms with Gasteiger partial charge in [0.2, 0.25) is 0 Å². The van der Waals surface area contributed by atoms with Crippen molar-refractivity contribution in [2.45, 2.75) is 39.8 Å². The average molecular weight is 287 g/mol. The largest absolute Gasteiger partial charge is 0.494 e. The number of aromatic nitrogens is 2. The maximum Gasteiger partial charge on any atom is 0.124 e. The molecule has 0 bridgehead atoms. The van der Waals surface area contributed by atoms with E-state index in [-0.39, 0.29) is 12.1 Å². The standard InChI is InChI=1S/C17H25N3O/c1-6-21-17-10-8-7-9-15(17)12(2)19-13(3)16-11-18-20(5)14(16)4/h7-13,19H,6H2,1-5H3. The number of aryl methyl sites for hydroxylation is 1. The molecule has 0 aliphatic carbocycles. The van der Waals surface area contributed by atoms with Crippen LogP contribution in [0.3, 0.4) is 0 Å². The second-order valence-electron chi connectivity index (χ2n) is 5.39. The van der Waals surface area contributed by atoms with Crippen molar-refractivity contribution < 1.29 is 4.74 Å². The van der Waals surface area contributed by atoms with Gasteiger partial charge in [-0.05, 0) is 33.8 Å². The first-order valence-corrected chi connectivity index (χ1v) is 7.50. The van der Waals surface area contributed by atoms with Crippen molar-refractivity contribution >= 4 is 0 Å². The smallest absolute Gasteiger partial charge is 0.124 e. The highest BCUT2D eigenvalue weighted by Crippen LogP contribution is 2.27. The highest BCUT2D eigenvalue weighted by Gasteiger charge is 2.17. The van der Waals surface area contributed by atoms with E-state index in [4.69, 9.17) is 4.74 Å². The van der Waals surface area contributed by atoms with Crippen LogP contribution in [-0.4, -0.2) is 16.4 Å². The van der Waals surface area contributed by atoms with Crippen LogP contribution in [0.2, 0.25) is 0 Å². The molecule has 0 saturated heterocycles. The van der Waals surface area contributed by atoms with Gasteiger partial charge in [0.15, 0.2) is 0 Å². The first-order valence-electron chi connectivity index (χ1n) is 7.50. The summed E-state index contributed by atoms with van der Waals surface area (Å²) in [4.78, 5) is 0. The number of nitrogens with zero attached hydrogens (tertiary/aromatic N) is 2. The molecule has 2 atom stereocenters. The van der Waals surface area contributed by atoms with E-state index in [1.54, 1.807) is 0 Å². The molecule has 21 heavy (non-hydrogen) atoms. The molecular weight excluding hydrogens is 262 g/mol. The number of hydrogen-bond donors (Lipinski definition) is 1. The lowest BCUT2D eigenvalue weighted by Crippen LogP contribution is -2.23. The van der Waals surface area contributed by atoms with Gasteiger partial charge < -0.3 is 10.1 Å². The summed E-state index contributed by atoms with van der Waals surface area (Å²) in [6, 6.07) is 8.65. The van der Waals surface area contributed by atoms with Gasteiger partial charge in [-0.1, -0.05) is 18.2 Å². The monoisotopic (exact) mass is 287 g/mol. The minimum atomic E-state index is 0.211. The van der Waals surface area contributed by atoms with Gasteiger partial charge in [0.25, 0.3) is 0 Å². The van der Waals surface area contributed by atoms with Gasteiger partial charge in [0.05, 0.1) is 12.8 Å². The average Bonchev–Trinajstić information content (AvgIpc) is 2.80. The molecule has 2 rings (SSSR count). The van der Waals surface area contributed by atoms with Crippen LogP contribution < -0.4 is 10.1 Å². The van der Waals surface area contributed by atoms with E-state index in [2.05, 4.69) is 43.3 Å². The molecule has 4 nitrogen and oxygen atoms in total. The Morgan fingerprint density at radius 1 is 1.19 bits per heavy atom. The summed E-state index contributed by atoms with van der Waals surface area (Å²) in [5, 5.41) is 7.95. The maximum atomic E-state index is 5.72. The molecule has 1 aromatic carbocycles.